The average molecular weight is 320 g/mol. The molecule has 2 amide bonds. The number of carbonyl (C=O) groups excluding carboxylic acids is 3. The Kier molecular flexibility index (Phi) is 5.56. The molecular weight excluding hydrogens is 300 g/mol. The molecule has 0 spiro atoms. The van der Waals surface area contributed by atoms with E-state index in [0.29, 0.717) is 24.4 Å². The summed E-state index contributed by atoms with van der Waals surface area (Å²) >= 11 is 0. The van der Waals surface area contributed by atoms with Crippen molar-refractivity contribution < 1.29 is 23.9 Å². The maximum atomic E-state index is 12.1. The van der Waals surface area contributed by atoms with Gasteiger partial charge in [-0.3, -0.25) is 9.59 Å². The van der Waals surface area contributed by atoms with E-state index in [-0.39, 0.29) is 24.3 Å². The first kappa shape index (κ1) is 16.8. The highest BCUT2D eigenvalue weighted by atomic mass is 16.5. The lowest BCUT2D eigenvalue weighted by Gasteiger charge is -2.31. The van der Waals surface area contributed by atoms with E-state index in [1.807, 2.05) is 0 Å². The van der Waals surface area contributed by atoms with E-state index < -0.39 is 5.97 Å². The number of esters is 1. The van der Waals surface area contributed by atoms with Crippen LogP contribution in [0.4, 0.5) is 0 Å². The molecule has 1 fully saturated rings. The SMILES string of the molecule is COC(=O)c1ccc(OCC(=O)N2CCCC(C(N)=O)C2)cc1. The molecule has 0 bridgehead atoms. The van der Waals surface area contributed by atoms with Crippen LogP contribution >= 0.6 is 0 Å². The van der Waals surface area contributed by atoms with Gasteiger partial charge in [-0.1, -0.05) is 0 Å². The number of nitrogens with zero attached hydrogens (tertiary/aromatic N) is 1. The number of nitrogens with two attached hydrogens (primary N) is 1. The number of carbonyl (C=O) groups is 3. The Morgan fingerprint density at radius 1 is 1.26 bits per heavy atom. The van der Waals surface area contributed by atoms with Crippen molar-refractivity contribution in [3.8, 4) is 5.75 Å². The molecule has 0 radical (unpaired) electrons. The lowest BCUT2D eigenvalue weighted by molar-refractivity contribution is -0.136. The van der Waals surface area contributed by atoms with Gasteiger partial charge in [-0.2, -0.15) is 0 Å². The van der Waals surface area contributed by atoms with Gasteiger partial charge in [0.1, 0.15) is 5.75 Å². The molecule has 0 aromatic heterocycles. The van der Waals surface area contributed by atoms with Crippen molar-refractivity contribution in [3.05, 3.63) is 29.8 Å². The molecule has 1 aliphatic heterocycles. The summed E-state index contributed by atoms with van der Waals surface area (Å²) in [6.45, 7) is 0.828. The molecule has 0 saturated carbocycles. The number of primary amides is 1. The second-order valence-electron chi connectivity index (χ2n) is 5.39. The largest absolute Gasteiger partial charge is 0.484 e. The number of likely N-dealkylation sites (tertiary alicyclic amines) is 1. The molecule has 0 aliphatic carbocycles. The second kappa shape index (κ2) is 7.62. The molecule has 1 atom stereocenters. The first-order chi connectivity index (χ1) is 11.0. The Balaban J connectivity index is 1.86. The van der Waals surface area contributed by atoms with Crippen molar-refractivity contribution in [2.75, 3.05) is 26.8 Å². The highest BCUT2D eigenvalue weighted by Gasteiger charge is 2.27. The summed E-state index contributed by atoms with van der Waals surface area (Å²) in [5.41, 5.74) is 5.71. The topological polar surface area (TPSA) is 98.9 Å². The number of rotatable bonds is 5. The summed E-state index contributed by atoms with van der Waals surface area (Å²) in [6, 6.07) is 6.33. The van der Waals surface area contributed by atoms with Crippen LogP contribution in [-0.4, -0.2) is 49.5 Å². The van der Waals surface area contributed by atoms with Crippen LogP contribution < -0.4 is 10.5 Å². The fraction of sp³-hybridized carbons (Fsp3) is 0.438. The fourth-order valence-corrected chi connectivity index (χ4v) is 2.48. The Labute approximate surface area is 134 Å². The predicted molar refractivity (Wildman–Crippen MR) is 81.8 cm³/mol. The van der Waals surface area contributed by atoms with Crippen molar-refractivity contribution in [2.24, 2.45) is 11.7 Å². The normalized spacial score (nSPS) is 17.4. The summed E-state index contributed by atoms with van der Waals surface area (Å²) in [5, 5.41) is 0. The number of hydrogen-bond acceptors (Lipinski definition) is 5. The van der Waals surface area contributed by atoms with Crippen LogP contribution in [0.3, 0.4) is 0 Å². The van der Waals surface area contributed by atoms with Crippen LogP contribution in [0, 0.1) is 5.92 Å². The van der Waals surface area contributed by atoms with Gasteiger partial charge in [0.15, 0.2) is 6.61 Å². The number of benzene rings is 1. The van der Waals surface area contributed by atoms with E-state index in [1.165, 1.54) is 7.11 Å². The van der Waals surface area contributed by atoms with Gasteiger partial charge in [-0.05, 0) is 37.1 Å². The number of hydrogen-bond donors (Lipinski definition) is 1. The van der Waals surface area contributed by atoms with Crippen molar-refractivity contribution in [2.45, 2.75) is 12.8 Å². The number of amides is 2. The lowest BCUT2D eigenvalue weighted by atomic mass is 9.97. The maximum absolute atomic E-state index is 12.1. The Morgan fingerprint density at radius 2 is 1.96 bits per heavy atom. The van der Waals surface area contributed by atoms with Gasteiger partial charge in [-0.15, -0.1) is 0 Å². The van der Waals surface area contributed by atoms with Crippen molar-refractivity contribution in [3.63, 3.8) is 0 Å². The number of methoxy groups -OCH3 is 1. The number of ether oxygens (including phenoxy) is 2. The highest BCUT2D eigenvalue weighted by Crippen LogP contribution is 2.17. The molecular formula is C16H20N2O5. The highest BCUT2D eigenvalue weighted by molar-refractivity contribution is 5.89. The van der Waals surface area contributed by atoms with Gasteiger partial charge in [0.25, 0.3) is 5.91 Å². The lowest BCUT2D eigenvalue weighted by Crippen LogP contribution is -2.45. The van der Waals surface area contributed by atoms with Crippen LogP contribution in [0.1, 0.15) is 23.2 Å². The van der Waals surface area contributed by atoms with Gasteiger partial charge < -0.3 is 20.1 Å². The van der Waals surface area contributed by atoms with Crippen molar-refractivity contribution in [1.29, 1.82) is 0 Å². The first-order valence-electron chi connectivity index (χ1n) is 7.39. The Bertz CT molecular complexity index is 585. The van der Waals surface area contributed by atoms with Gasteiger partial charge in [0.2, 0.25) is 5.91 Å². The van der Waals surface area contributed by atoms with E-state index in [4.69, 9.17) is 10.5 Å². The summed E-state index contributed by atoms with van der Waals surface area (Å²) in [7, 11) is 1.31. The van der Waals surface area contributed by atoms with E-state index >= 15 is 0 Å². The smallest absolute Gasteiger partial charge is 0.337 e. The van der Waals surface area contributed by atoms with Crippen molar-refractivity contribution in [1.82, 2.24) is 4.90 Å². The average Bonchev–Trinajstić information content (AvgIpc) is 2.59. The Morgan fingerprint density at radius 3 is 2.57 bits per heavy atom. The van der Waals surface area contributed by atoms with Crippen molar-refractivity contribution >= 4 is 17.8 Å². The quantitative estimate of drug-likeness (QED) is 0.800. The van der Waals surface area contributed by atoms with E-state index in [0.717, 1.165) is 12.8 Å². The minimum Gasteiger partial charge on any atom is -0.484 e. The third-order valence-electron chi connectivity index (χ3n) is 3.81. The Hall–Kier alpha value is -2.57. The fourth-order valence-electron chi connectivity index (χ4n) is 2.48. The summed E-state index contributed by atoms with van der Waals surface area (Å²) in [5.74, 6) is -0.797. The van der Waals surface area contributed by atoms with E-state index in [9.17, 15) is 14.4 Å². The molecule has 23 heavy (non-hydrogen) atoms. The van der Waals surface area contributed by atoms with Gasteiger partial charge in [0, 0.05) is 13.1 Å². The number of piperidine rings is 1. The molecule has 1 unspecified atom stereocenters. The third kappa shape index (κ3) is 4.45. The van der Waals surface area contributed by atoms with Gasteiger partial charge >= 0.3 is 5.97 Å². The molecule has 1 aliphatic rings. The molecule has 1 aromatic carbocycles. The van der Waals surface area contributed by atoms with Gasteiger partial charge in [-0.25, -0.2) is 4.79 Å². The second-order valence-corrected chi connectivity index (χ2v) is 5.39. The molecule has 124 valence electrons. The van der Waals surface area contributed by atoms with E-state index in [1.54, 1.807) is 29.2 Å². The minimum absolute atomic E-state index is 0.122. The molecule has 7 heteroatoms. The molecule has 2 N–H and O–H groups in total. The van der Waals surface area contributed by atoms with Crippen LogP contribution in [0.15, 0.2) is 24.3 Å². The monoisotopic (exact) mass is 320 g/mol. The first-order valence-corrected chi connectivity index (χ1v) is 7.39. The van der Waals surface area contributed by atoms with Crippen LogP contribution in [0.25, 0.3) is 0 Å². The third-order valence-corrected chi connectivity index (χ3v) is 3.81. The summed E-state index contributed by atoms with van der Waals surface area (Å²) in [4.78, 5) is 36.3. The zero-order valence-corrected chi connectivity index (χ0v) is 13.0. The molecule has 7 nitrogen and oxygen atoms in total. The molecule has 2 rings (SSSR count). The zero-order chi connectivity index (χ0) is 16.8. The van der Waals surface area contributed by atoms with Crippen LogP contribution in [0.5, 0.6) is 5.75 Å². The van der Waals surface area contributed by atoms with Crippen LogP contribution in [-0.2, 0) is 14.3 Å². The molecule has 1 heterocycles. The predicted octanol–water partition coefficient (Wildman–Crippen LogP) is 0.576. The standard InChI is InChI=1S/C16H20N2O5/c1-22-16(21)11-4-6-13(7-5-11)23-10-14(19)18-8-2-3-12(9-18)15(17)20/h4-7,12H,2-3,8-10H2,1H3,(H2,17,20). The van der Waals surface area contributed by atoms with Gasteiger partial charge in [0.05, 0.1) is 18.6 Å². The maximum Gasteiger partial charge on any atom is 0.337 e. The van der Waals surface area contributed by atoms with E-state index in [2.05, 4.69) is 4.74 Å². The summed E-state index contributed by atoms with van der Waals surface area (Å²) < 4.78 is 10.0. The van der Waals surface area contributed by atoms with Crippen LogP contribution in [0.2, 0.25) is 0 Å². The molecule has 1 aromatic rings. The minimum atomic E-state index is -0.432. The zero-order valence-electron chi connectivity index (χ0n) is 13.0. The molecule has 1 saturated heterocycles. The summed E-state index contributed by atoms with van der Waals surface area (Å²) in [6.07, 6.45) is 1.47.